The molecule has 1 aromatic rings. The number of hydrogen-bond acceptors (Lipinski definition) is 3. The van der Waals surface area contributed by atoms with E-state index in [9.17, 15) is 4.79 Å². The van der Waals surface area contributed by atoms with Crippen LogP contribution >= 0.6 is 0 Å². The number of hydrogen-bond donors (Lipinski definition) is 1. The number of primary amides is 1. The topological polar surface area (TPSA) is 73.8 Å². The number of rotatable bonds is 4. The van der Waals surface area contributed by atoms with Gasteiger partial charge in [-0.1, -0.05) is 18.1 Å². The smallest absolute Gasteiger partial charge is 0.223 e. The lowest BCUT2D eigenvalue weighted by atomic mass is 10.1. The molecule has 2 saturated carbocycles. The number of nitrogens with zero attached hydrogens (tertiary/aromatic N) is 3. The highest BCUT2D eigenvalue weighted by molar-refractivity contribution is 5.76. The zero-order valence-corrected chi connectivity index (χ0v) is 9.93. The van der Waals surface area contributed by atoms with Gasteiger partial charge in [0.1, 0.15) is 0 Å². The number of aromatic nitrogens is 3. The molecule has 0 aromatic carbocycles. The van der Waals surface area contributed by atoms with E-state index in [2.05, 4.69) is 15.0 Å². The fourth-order valence-corrected chi connectivity index (χ4v) is 2.82. The third-order valence-electron chi connectivity index (χ3n) is 3.78. The molecule has 2 aliphatic rings. The van der Waals surface area contributed by atoms with Crippen molar-refractivity contribution in [1.29, 1.82) is 0 Å². The Morgan fingerprint density at radius 2 is 2.00 bits per heavy atom. The van der Waals surface area contributed by atoms with Crippen LogP contribution < -0.4 is 5.73 Å². The standard InChI is InChI=1S/C12H18N4O/c13-11(17)7-10-12(8-5-6-8)16(15-14-10)9-3-1-2-4-9/h8-9H,1-7H2,(H2,13,17). The largest absolute Gasteiger partial charge is 0.369 e. The first kappa shape index (κ1) is 10.7. The molecular formula is C12H18N4O. The molecule has 1 aromatic heterocycles. The summed E-state index contributed by atoms with van der Waals surface area (Å²) in [6.07, 6.45) is 7.58. The molecule has 0 unspecified atom stereocenters. The molecule has 0 bridgehead atoms. The monoisotopic (exact) mass is 234 g/mol. The molecule has 17 heavy (non-hydrogen) atoms. The van der Waals surface area contributed by atoms with E-state index in [4.69, 9.17) is 5.73 Å². The van der Waals surface area contributed by atoms with Gasteiger partial charge in [-0.3, -0.25) is 4.79 Å². The highest BCUT2D eigenvalue weighted by Gasteiger charge is 2.34. The molecule has 0 spiro atoms. The molecule has 2 N–H and O–H groups in total. The van der Waals surface area contributed by atoms with Gasteiger partial charge in [0, 0.05) is 5.92 Å². The molecule has 2 aliphatic carbocycles. The Kier molecular flexibility index (Phi) is 2.61. The van der Waals surface area contributed by atoms with Gasteiger partial charge in [0.2, 0.25) is 5.91 Å². The fraction of sp³-hybridized carbons (Fsp3) is 0.750. The Bertz CT molecular complexity index is 430. The highest BCUT2D eigenvalue weighted by Crippen LogP contribution is 2.43. The molecule has 1 heterocycles. The van der Waals surface area contributed by atoms with Gasteiger partial charge < -0.3 is 5.73 Å². The number of carbonyl (C=O) groups is 1. The Labute approximate surface area is 100 Å². The average molecular weight is 234 g/mol. The third kappa shape index (κ3) is 2.06. The maximum Gasteiger partial charge on any atom is 0.223 e. The maximum absolute atomic E-state index is 11.0. The second-order valence-electron chi connectivity index (χ2n) is 5.22. The summed E-state index contributed by atoms with van der Waals surface area (Å²) in [5.41, 5.74) is 7.26. The molecule has 0 saturated heterocycles. The van der Waals surface area contributed by atoms with Crippen molar-refractivity contribution in [1.82, 2.24) is 15.0 Å². The summed E-state index contributed by atoms with van der Waals surface area (Å²) in [6.45, 7) is 0. The Morgan fingerprint density at radius 1 is 1.29 bits per heavy atom. The van der Waals surface area contributed by atoms with Crippen molar-refractivity contribution < 1.29 is 4.79 Å². The van der Waals surface area contributed by atoms with E-state index < -0.39 is 0 Å². The predicted octanol–water partition coefficient (Wildman–Crippen LogP) is 1.30. The minimum atomic E-state index is -0.314. The molecule has 92 valence electrons. The molecular weight excluding hydrogens is 216 g/mol. The third-order valence-corrected chi connectivity index (χ3v) is 3.78. The molecule has 0 radical (unpaired) electrons. The molecule has 3 rings (SSSR count). The van der Waals surface area contributed by atoms with Crippen LogP contribution in [0.15, 0.2) is 0 Å². The van der Waals surface area contributed by atoms with Crippen LogP contribution in [0.1, 0.15) is 61.9 Å². The first-order valence-electron chi connectivity index (χ1n) is 6.48. The second-order valence-corrected chi connectivity index (χ2v) is 5.22. The van der Waals surface area contributed by atoms with Crippen molar-refractivity contribution in [2.75, 3.05) is 0 Å². The van der Waals surface area contributed by atoms with Gasteiger partial charge in [-0.2, -0.15) is 0 Å². The van der Waals surface area contributed by atoms with Crippen LogP contribution in [0.2, 0.25) is 0 Å². The lowest BCUT2D eigenvalue weighted by Crippen LogP contribution is -2.16. The van der Waals surface area contributed by atoms with E-state index in [-0.39, 0.29) is 12.3 Å². The quantitative estimate of drug-likeness (QED) is 0.853. The normalized spacial score (nSPS) is 20.9. The van der Waals surface area contributed by atoms with Crippen LogP contribution in [0, 0.1) is 0 Å². The van der Waals surface area contributed by atoms with Gasteiger partial charge in [0.25, 0.3) is 0 Å². The van der Waals surface area contributed by atoms with Gasteiger partial charge >= 0.3 is 0 Å². The second kappa shape index (κ2) is 4.13. The van der Waals surface area contributed by atoms with E-state index in [0.717, 1.165) is 5.69 Å². The summed E-state index contributed by atoms with van der Waals surface area (Å²) in [7, 11) is 0. The summed E-state index contributed by atoms with van der Waals surface area (Å²) < 4.78 is 2.09. The minimum Gasteiger partial charge on any atom is -0.369 e. The average Bonchev–Trinajstić information content (AvgIpc) is 2.83. The van der Waals surface area contributed by atoms with Crippen molar-refractivity contribution >= 4 is 5.91 Å². The lowest BCUT2D eigenvalue weighted by molar-refractivity contribution is -0.117. The van der Waals surface area contributed by atoms with Crippen LogP contribution in [-0.2, 0) is 11.2 Å². The van der Waals surface area contributed by atoms with Crippen molar-refractivity contribution in [2.45, 2.75) is 56.9 Å². The van der Waals surface area contributed by atoms with Gasteiger partial charge in [-0.05, 0) is 25.7 Å². The van der Waals surface area contributed by atoms with Crippen molar-refractivity contribution in [3.05, 3.63) is 11.4 Å². The Hall–Kier alpha value is -1.39. The number of nitrogens with two attached hydrogens (primary N) is 1. The lowest BCUT2D eigenvalue weighted by Gasteiger charge is -2.13. The molecule has 1 amide bonds. The summed E-state index contributed by atoms with van der Waals surface area (Å²) in [6, 6.07) is 0.500. The van der Waals surface area contributed by atoms with Crippen LogP contribution in [-0.4, -0.2) is 20.9 Å². The minimum absolute atomic E-state index is 0.235. The van der Waals surface area contributed by atoms with Gasteiger partial charge in [0.15, 0.2) is 0 Å². The molecule has 5 heteroatoms. The molecule has 0 atom stereocenters. The summed E-state index contributed by atoms with van der Waals surface area (Å²) in [5.74, 6) is 0.255. The van der Waals surface area contributed by atoms with Crippen molar-refractivity contribution in [3.8, 4) is 0 Å². The first-order chi connectivity index (χ1) is 8.25. The van der Waals surface area contributed by atoms with Crippen LogP contribution in [0.4, 0.5) is 0 Å². The van der Waals surface area contributed by atoms with Gasteiger partial charge in [0.05, 0.1) is 23.9 Å². The first-order valence-corrected chi connectivity index (χ1v) is 6.48. The zero-order chi connectivity index (χ0) is 11.8. The van der Waals surface area contributed by atoms with E-state index >= 15 is 0 Å². The van der Waals surface area contributed by atoms with Gasteiger partial charge in [-0.15, -0.1) is 5.10 Å². The summed E-state index contributed by atoms with van der Waals surface area (Å²) in [5, 5.41) is 8.45. The summed E-state index contributed by atoms with van der Waals surface area (Å²) >= 11 is 0. The Balaban J connectivity index is 1.91. The maximum atomic E-state index is 11.0. The molecule has 0 aliphatic heterocycles. The SMILES string of the molecule is NC(=O)Cc1nnn(C2CCCC2)c1C1CC1. The highest BCUT2D eigenvalue weighted by atomic mass is 16.1. The van der Waals surface area contributed by atoms with E-state index in [1.165, 1.54) is 44.2 Å². The predicted molar refractivity (Wildman–Crippen MR) is 62.4 cm³/mol. The Morgan fingerprint density at radius 3 is 2.59 bits per heavy atom. The fourth-order valence-electron chi connectivity index (χ4n) is 2.82. The summed E-state index contributed by atoms with van der Waals surface area (Å²) in [4.78, 5) is 11.0. The molecule has 5 nitrogen and oxygen atoms in total. The molecule has 2 fully saturated rings. The number of carbonyl (C=O) groups excluding carboxylic acids is 1. The zero-order valence-electron chi connectivity index (χ0n) is 9.93. The van der Waals surface area contributed by atoms with E-state index in [1.807, 2.05) is 0 Å². The van der Waals surface area contributed by atoms with Crippen LogP contribution in [0.5, 0.6) is 0 Å². The van der Waals surface area contributed by atoms with E-state index in [0.29, 0.717) is 12.0 Å². The van der Waals surface area contributed by atoms with Crippen molar-refractivity contribution in [2.24, 2.45) is 5.73 Å². The van der Waals surface area contributed by atoms with E-state index in [1.54, 1.807) is 0 Å². The van der Waals surface area contributed by atoms with Crippen LogP contribution in [0.25, 0.3) is 0 Å². The van der Waals surface area contributed by atoms with Crippen molar-refractivity contribution in [3.63, 3.8) is 0 Å². The van der Waals surface area contributed by atoms with Crippen LogP contribution in [0.3, 0.4) is 0 Å². The number of amides is 1. The van der Waals surface area contributed by atoms with Gasteiger partial charge in [-0.25, -0.2) is 4.68 Å².